The SMILES string of the molecule is CCCC(=O)N(Cc1cccc(F)c1)C1CCN(CCc2ccccc2)CC1. The Hall–Kier alpha value is -2.20. The highest BCUT2D eigenvalue weighted by Crippen LogP contribution is 2.21. The first-order valence-corrected chi connectivity index (χ1v) is 10.5. The van der Waals surface area contributed by atoms with Crippen LogP contribution in [0.25, 0.3) is 0 Å². The van der Waals surface area contributed by atoms with Crippen molar-refractivity contribution in [3.05, 3.63) is 71.5 Å². The number of rotatable bonds is 8. The molecule has 0 N–H and O–H groups in total. The molecule has 150 valence electrons. The molecule has 3 rings (SSSR count). The molecule has 0 bridgehead atoms. The van der Waals surface area contributed by atoms with E-state index in [1.165, 1.54) is 11.6 Å². The van der Waals surface area contributed by atoms with Gasteiger partial charge >= 0.3 is 0 Å². The zero-order chi connectivity index (χ0) is 19.8. The second-order valence-corrected chi connectivity index (χ2v) is 7.71. The van der Waals surface area contributed by atoms with E-state index in [2.05, 4.69) is 35.2 Å². The summed E-state index contributed by atoms with van der Waals surface area (Å²) in [6.07, 6.45) is 4.43. The summed E-state index contributed by atoms with van der Waals surface area (Å²) in [7, 11) is 0. The number of hydrogen-bond acceptors (Lipinski definition) is 2. The summed E-state index contributed by atoms with van der Waals surface area (Å²) in [6.45, 7) is 5.62. The highest BCUT2D eigenvalue weighted by Gasteiger charge is 2.27. The molecule has 0 aromatic heterocycles. The maximum absolute atomic E-state index is 13.6. The number of carbonyl (C=O) groups is 1. The van der Waals surface area contributed by atoms with E-state index in [-0.39, 0.29) is 17.8 Å². The number of halogens is 1. The van der Waals surface area contributed by atoms with Crippen LogP contribution >= 0.6 is 0 Å². The van der Waals surface area contributed by atoms with Crippen LogP contribution in [0.1, 0.15) is 43.7 Å². The Morgan fingerprint density at radius 1 is 1.07 bits per heavy atom. The third-order valence-corrected chi connectivity index (χ3v) is 5.58. The minimum absolute atomic E-state index is 0.189. The van der Waals surface area contributed by atoms with Gasteiger partial charge in [-0.2, -0.15) is 0 Å². The second-order valence-electron chi connectivity index (χ2n) is 7.71. The third kappa shape index (κ3) is 5.90. The molecule has 1 heterocycles. The van der Waals surface area contributed by atoms with Gasteiger partial charge in [-0.3, -0.25) is 4.79 Å². The van der Waals surface area contributed by atoms with E-state index in [0.717, 1.165) is 50.9 Å². The van der Waals surface area contributed by atoms with E-state index in [0.29, 0.717) is 13.0 Å². The van der Waals surface area contributed by atoms with Gasteiger partial charge in [0.15, 0.2) is 0 Å². The van der Waals surface area contributed by atoms with Crippen molar-refractivity contribution < 1.29 is 9.18 Å². The molecule has 2 aromatic rings. The first kappa shape index (κ1) is 20.5. The molecular weight excluding hydrogens is 351 g/mol. The average molecular weight is 383 g/mol. The van der Waals surface area contributed by atoms with Gasteiger partial charge in [0, 0.05) is 38.6 Å². The van der Waals surface area contributed by atoms with Crippen LogP contribution in [0.5, 0.6) is 0 Å². The number of carbonyl (C=O) groups excluding carboxylic acids is 1. The molecule has 0 spiro atoms. The molecule has 2 aromatic carbocycles. The van der Waals surface area contributed by atoms with E-state index in [9.17, 15) is 9.18 Å². The highest BCUT2D eigenvalue weighted by molar-refractivity contribution is 5.76. The van der Waals surface area contributed by atoms with Gasteiger partial charge in [0.05, 0.1) is 0 Å². The van der Waals surface area contributed by atoms with Crippen LogP contribution in [-0.4, -0.2) is 41.4 Å². The van der Waals surface area contributed by atoms with E-state index in [1.807, 2.05) is 17.9 Å². The fourth-order valence-electron chi connectivity index (χ4n) is 4.00. The quantitative estimate of drug-likeness (QED) is 0.663. The summed E-state index contributed by atoms with van der Waals surface area (Å²) in [4.78, 5) is 17.2. The van der Waals surface area contributed by atoms with Gasteiger partial charge in [0.25, 0.3) is 0 Å². The van der Waals surface area contributed by atoms with Crippen molar-refractivity contribution in [1.82, 2.24) is 9.80 Å². The largest absolute Gasteiger partial charge is 0.335 e. The maximum Gasteiger partial charge on any atom is 0.223 e. The number of amides is 1. The van der Waals surface area contributed by atoms with Gasteiger partial charge in [-0.15, -0.1) is 0 Å². The van der Waals surface area contributed by atoms with Crippen LogP contribution in [0.15, 0.2) is 54.6 Å². The number of hydrogen-bond donors (Lipinski definition) is 0. The average Bonchev–Trinajstić information content (AvgIpc) is 2.72. The fourth-order valence-corrected chi connectivity index (χ4v) is 4.00. The third-order valence-electron chi connectivity index (χ3n) is 5.58. The Morgan fingerprint density at radius 3 is 2.46 bits per heavy atom. The lowest BCUT2D eigenvalue weighted by molar-refractivity contribution is -0.135. The molecule has 1 saturated heterocycles. The predicted octanol–water partition coefficient (Wildman–Crippen LogP) is 4.66. The van der Waals surface area contributed by atoms with Crippen molar-refractivity contribution in [1.29, 1.82) is 0 Å². The van der Waals surface area contributed by atoms with Gasteiger partial charge in [0.2, 0.25) is 5.91 Å². The standard InChI is InChI=1S/C24H31FN2O/c1-2-7-24(28)27(19-21-10-6-11-22(25)18-21)23-13-16-26(17-14-23)15-12-20-8-4-3-5-9-20/h3-6,8-11,18,23H,2,7,12-17,19H2,1H3. The van der Waals surface area contributed by atoms with E-state index >= 15 is 0 Å². The summed E-state index contributed by atoms with van der Waals surface area (Å²) >= 11 is 0. The minimum Gasteiger partial charge on any atom is -0.335 e. The lowest BCUT2D eigenvalue weighted by Crippen LogP contribution is -2.47. The topological polar surface area (TPSA) is 23.6 Å². The molecule has 1 aliphatic heterocycles. The zero-order valence-electron chi connectivity index (χ0n) is 16.8. The second kappa shape index (κ2) is 10.4. The lowest BCUT2D eigenvalue weighted by Gasteiger charge is -2.39. The van der Waals surface area contributed by atoms with Crippen molar-refractivity contribution in [2.75, 3.05) is 19.6 Å². The van der Waals surface area contributed by atoms with Crippen molar-refractivity contribution in [2.45, 2.75) is 51.6 Å². The highest BCUT2D eigenvalue weighted by atomic mass is 19.1. The van der Waals surface area contributed by atoms with E-state index in [1.54, 1.807) is 12.1 Å². The van der Waals surface area contributed by atoms with Crippen LogP contribution in [0.2, 0.25) is 0 Å². The molecule has 28 heavy (non-hydrogen) atoms. The minimum atomic E-state index is -0.240. The zero-order valence-corrected chi connectivity index (χ0v) is 16.8. The normalized spacial score (nSPS) is 15.5. The van der Waals surface area contributed by atoms with Crippen molar-refractivity contribution >= 4 is 5.91 Å². The van der Waals surface area contributed by atoms with Crippen molar-refractivity contribution in [3.63, 3.8) is 0 Å². The van der Waals surface area contributed by atoms with Crippen LogP contribution in [-0.2, 0) is 17.8 Å². The van der Waals surface area contributed by atoms with Gasteiger partial charge in [-0.05, 0) is 48.9 Å². The van der Waals surface area contributed by atoms with Gasteiger partial charge in [-0.1, -0.05) is 49.4 Å². The Bertz CT molecular complexity index is 741. The van der Waals surface area contributed by atoms with Gasteiger partial charge < -0.3 is 9.80 Å². The number of likely N-dealkylation sites (tertiary alicyclic amines) is 1. The monoisotopic (exact) mass is 382 g/mol. The Kier molecular flexibility index (Phi) is 7.61. The summed E-state index contributed by atoms with van der Waals surface area (Å²) in [5.74, 6) is -0.0504. The molecule has 3 nitrogen and oxygen atoms in total. The molecule has 0 atom stereocenters. The molecule has 4 heteroatoms. The first-order valence-electron chi connectivity index (χ1n) is 10.5. The Labute approximate surface area is 168 Å². The van der Waals surface area contributed by atoms with Crippen LogP contribution < -0.4 is 0 Å². The first-order chi connectivity index (χ1) is 13.7. The molecule has 0 saturated carbocycles. The molecular formula is C24H31FN2O. The molecule has 0 unspecified atom stereocenters. The Balaban J connectivity index is 1.56. The molecule has 1 amide bonds. The smallest absolute Gasteiger partial charge is 0.223 e. The van der Waals surface area contributed by atoms with Crippen LogP contribution in [0.3, 0.4) is 0 Å². The van der Waals surface area contributed by atoms with Crippen LogP contribution in [0, 0.1) is 5.82 Å². The number of nitrogens with zero attached hydrogens (tertiary/aromatic N) is 2. The molecule has 0 radical (unpaired) electrons. The number of piperidine rings is 1. The molecule has 0 aliphatic carbocycles. The molecule has 1 fully saturated rings. The van der Waals surface area contributed by atoms with Gasteiger partial charge in [0.1, 0.15) is 5.82 Å². The maximum atomic E-state index is 13.6. The van der Waals surface area contributed by atoms with Crippen molar-refractivity contribution in [3.8, 4) is 0 Å². The summed E-state index contributed by atoms with van der Waals surface area (Å²) in [5.41, 5.74) is 2.24. The van der Waals surface area contributed by atoms with E-state index in [4.69, 9.17) is 0 Å². The van der Waals surface area contributed by atoms with Gasteiger partial charge in [-0.25, -0.2) is 4.39 Å². The predicted molar refractivity (Wildman–Crippen MR) is 111 cm³/mol. The lowest BCUT2D eigenvalue weighted by atomic mass is 10.0. The summed E-state index contributed by atoms with van der Waals surface area (Å²) in [5, 5.41) is 0. The van der Waals surface area contributed by atoms with Crippen molar-refractivity contribution in [2.24, 2.45) is 0 Å². The molecule has 1 aliphatic rings. The number of benzene rings is 2. The fraction of sp³-hybridized carbons (Fsp3) is 0.458. The van der Waals surface area contributed by atoms with Crippen LogP contribution in [0.4, 0.5) is 4.39 Å². The summed E-state index contributed by atoms with van der Waals surface area (Å²) < 4.78 is 13.6. The Morgan fingerprint density at radius 2 is 1.79 bits per heavy atom. The van der Waals surface area contributed by atoms with E-state index < -0.39 is 0 Å². The summed E-state index contributed by atoms with van der Waals surface area (Å²) in [6, 6.07) is 17.5.